The number of amides is 2. The first-order chi connectivity index (χ1) is 15.8. The highest BCUT2D eigenvalue weighted by Gasteiger charge is 2.36. The van der Waals surface area contributed by atoms with Crippen molar-refractivity contribution in [2.75, 3.05) is 51.1 Å². The molecule has 2 aliphatic rings. The van der Waals surface area contributed by atoms with Crippen molar-refractivity contribution in [1.82, 2.24) is 14.1 Å². The summed E-state index contributed by atoms with van der Waals surface area (Å²) < 4.78 is 40.4. The van der Waals surface area contributed by atoms with Crippen molar-refractivity contribution in [2.24, 2.45) is 5.92 Å². The van der Waals surface area contributed by atoms with Gasteiger partial charge in [-0.25, -0.2) is 12.8 Å². The Morgan fingerprint density at radius 1 is 1.06 bits per heavy atom. The summed E-state index contributed by atoms with van der Waals surface area (Å²) >= 11 is 1.19. The number of carbonyl (C=O) groups excluding carboxylic acids is 2. The third-order valence-electron chi connectivity index (χ3n) is 6.00. The van der Waals surface area contributed by atoms with Crippen LogP contribution in [0.4, 0.5) is 10.1 Å². The van der Waals surface area contributed by atoms with Crippen LogP contribution in [0.2, 0.25) is 0 Å². The fourth-order valence-corrected chi connectivity index (χ4v) is 6.89. The second-order valence-corrected chi connectivity index (χ2v) is 11.4. The minimum Gasteiger partial charge on any atom is -0.340 e. The fraction of sp³-hybridized carbons (Fsp3) is 0.455. The van der Waals surface area contributed by atoms with Crippen molar-refractivity contribution in [3.8, 4) is 0 Å². The molecule has 0 unspecified atom stereocenters. The number of nitrogens with one attached hydrogen (secondary N) is 1. The van der Waals surface area contributed by atoms with Gasteiger partial charge in [0.25, 0.3) is 10.0 Å². The predicted molar refractivity (Wildman–Crippen MR) is 124 cm³/mol. The molecule has 2 aromatic rings. The van der Waals surface area contributed by atoms with Gasteiger partial charge < -0.3 is 10.2 Å². The molecule has 178 valence electrons. The molecule has 0 spiro atoms. The van der Waals surface area contributed by atoms with Crippen LogP contribution in [0.25, 0.3) is 0 Å². The van der Waals surface area contributed by atoms with Crippen LogP contribution in [0.1, 0.15) is 12.8 Å². The normalized spacial score (nSPS) is 20.5. The van der Waals surface area contributed by atoms with E-state index in [0.29, 0.717) is 55.5 Å². The van der Waals surface area contributed by atoms with Crippen molar-refractivity contribution in [3.63, 3.8) is 0 Å². The van der Waals surface area contributed by atoms with Crippen LogP contribution in [0.5, 0.6) is 0 Å². The number of thiophene rings is 1. The summed E-state index contributed by atoms with van der Waals surface area (Å²) in [6, 6.07) is 8.91. The third-order valence-corrected chi connectivity index (χ3v) is 9.24. The highest BCUT2D eigenvalue weighted by atomic mass is 32.2. The topological polar surface area (TPSA) is 90.0 Å². The number of benzene rings is 1. The number of hydrogen-bond donors (Lipinski definition) is 1. The molecular formula is C22H27FN4O4S2. The van der Waals surface area contributed by atoms with Crippen molar-refractivity contribution >= 4 is 38.9 Å². The number of anilines is 1. The van der Waals surface area contributed by atoms with E-state index in [9.17, 15) is 22.4 Å². The number of rotatable bonds is 6. The average Bonchev–Trinajstić information content (AvgIpc) is 3.37. The molecule has 1 atom stereocenters. The van der Waals surface area contributed by atoms with Crippen LogP contribution < -0.4 is 5.32 Å². The summed E-state index contributed by atoms with van der Waals surface area (Å²) in [6.45, 7) is 2.95. The van der Waals surface area contributed by atoms with Gasteiger partial charge in [0.1, 0.15) is 10.0 Å². The van der Waals surface area contributed by atoms with E-state index in [2.05, 4.69) is 5.32 Å². The number of nitrogens with zero attached hydrogens (tertiary/aromatic N) is 3. The minimum atomic E-state index is -3.56. The van der Waals surface area contributed by atoms with E-state index in [-0.39, 0.29) is 36.6 Å². The molecule has 2 aliphatic heterocycles. The Labute approximate surface area is 197 Å². The highest BCUT2D eigenvalue weighted by Crippen LogP contribution is 2.27. The molecule has 0 saturated carbocycles. The monoisotopic (exact) mass is 494 g/mol. The quantitative estimate of drug-likeness (QED) is 0.664. The standard InChI is InChI=1S/C22H27FN4O4S2/c23-18-5-7-19(8-6-18)24-20(28)16-25-10-12-26(13-11-25)22(29)17-3-1-9-27(15-17)33(30,31)21-4-2-14-32-21/h2,4-8,14,17H,1,3,9-13,15-16H2,(H,24,28)/t17-/m1/s1. The number of piperidine rings is 1. The lowest BCUT2D eigenvalue weighted by atomic mass is 9.98. The lowest BCUT2D eigenvalue weighted by Crippen LogP contribution is -2.53. The zero-order valence-corrected chi connectivity index (χ0v) is 19.8. The van der Waals surface area contributed by atoms with Crippen LogP contribution in [0, 0.1) is 11.7 Å². The second kappa shape index (κ2) is 10.3. The Balaban J connectivity index is 1.26. The van der Waals surface area contributed by atoms with Gasteiger partial charge in [0, 0.05) is 45.0 Å². The first-order valence-corrected chi connectivity index (χ1v) is 13.2. The summed E-state index contributed by atoms with van der Waals surface area (Å²) in [6.07, 6.45) is 1.33. The van der Waals surface area contributed by atoms with E-state index in [0.717, 1.165) is 0 Å². The molecule has 0 aliphatic carbocycles. The van der Waals surface area contributed by atoms with E-state index in [4.69, 9.17) is 0 Å². The van der Waals surface area contributed by atoms with Crippen LogP contribution in [-0.4, -0.2) is 80.2 Å². The zero-order valence-electron chi connectivity index (χ0n) is 18.2. The Hall–Kier alpha value is -2.34. The molecule has 1 aromatic heterocycles. The van der Waals surface area contributed by atoms with E-state index in [1.54, 1.807) is 22.4 Å². The van der Waals surface area contributed by atoms with Crippen LogP contribution in [0.15, 0.2) is 46.0 Å². The predicted octanol–water partition coefficient (Wildman–Crippen LogP) is 2.07. The fourth-order valence-electron chi connectivity index (χ4n) is 4.22. The first kappa shape index (κ1) is 23.8. The van der Waals surface area contributed by atoms with E-state index in [1.165, 1.54) is 39.9 Å². The molecule has 1 N–H and O–H groups in total. The molecular weight excluding hydrogens is 467 g/mol. The number of halogens is 1. The van der Waals surface area contributed by atoms with Crippen molar-refractivity contribution in [3.05, 3.63) is 47.6 Å². The molecule has 8 nitrogen and oxygen atoms in total. The van der Waals surface area contributed by atoms with Crippen molar-refractivity contribution < 1.29 is 22.4 Å². The molecule has 3 heterocycles. The summed E-state index contributed by atoms with van der Waals surface area (Å²) in [5.41, 5.74) is 0.537. The molecule has 1 aromatic carbocycles. The maximum atomic E-state index is 13.1. The van der Waals surface area contributed by atoms with Crippen molar-refractivity contribution in [2.45, 2.75) is 17.1 Å². The maximum Gasteiger partial charge on any atom is 0.252 e. The van der Waals surface area contributed by atoms with Gasteiger partial charge in [-0.3, -0.25) is 14.5 Å². The number of piperazine rings is 1. The van der Waals surface area contributed by atoms with Crippen LogP contribution >= 0.6 is 11.3 Å². The highest BCUT2D eigenvalue weighted by molar-refractivity contribution is 7.91. The van der Waals surface area contributed by atoms with Gasteiger partial charge in [0.2, 0.25) is 11.8 Å². The van der Waals surface area contributed by atoms with Crippen LogP contribution in [-0.2, 0) is 19.6 Å². The van der Waals surface area contributed by atoms with E-state index in [1.807, 2.05) is 4.90 Å². The molecule has 11 heteroatoms. The molecule has 0 radical (unpaired) electrons. The van der Waals surface area contributed by atoms with Gasteiger partial charge in [-0.05, 0) is 48.6 Å². The van der Waals surface area contributed by atoms with Gasteiger partial charge in [0.15, 0.2) is 0 Å². The third kappa shape index (κ3) is 5.78. The first-order valence-electron chi connectivity index (χ1n) is 10.9. The second-order valence-electron chi connectivity index (χ2n) is 8.29. The van der Waals surface area contributed by atoms with E-state index >= 15 is 0 Å². The summed E-state index contributed by atoms with van der Waals surface area (Å²) in [5, 5.41) is 4.48. The largest absolute Gasteiger partial charge is 0.340 e. The van der Waals surface area contributed by atoms with Gasteiger partial charge in [-0.1, -0.05) is 6.07 Å². The molecule has 2 fully saturated rings. The number of carbonyl (C=O) groups is 2. The van der Waals surface area contributed by atoms with E-state index < -0.39 is 10.0 Å². The lowest BCUT2D eigenvalue weighted by molar-refractivity contribution is -0.138. The smallest absolute Gasteiger partial charge is 0.252 e. The Morgan fingerprint density at radius 2 is 1.79 bits per heavy atom. The maximum absolute atomic E-state index is 13.1. The van der Waals surface area contributed by atoms with Crippen molar-refractivity contribution in [1.29, 1.82) is 0 Å². The molecule has 2 saturated heterocycles. The molecule has 0 bridgehead atoms. The SMILES string of the molecule is O=C(CN1CCN(C(=O)[C@@H]2CCCN(S(=O)(=O)c3cccs3)C2)CC1)Nc1ccc(F)cc1. The summed E-state index contributed by atoms with van der Waals surface area (Å²) in [7, 11) is -3.56. The molecule has 4 rings (SSSR count). The Bertz CT molecular complexity index is 1070. The summed E-state index contributed by atoms with van der Waals surface area (Å²) in [4.78, 5) is 29.1. The minimum absolute atomic E-state index is 0.0171. The van der Waals surface area contributed by atoms with Gasteiger partial charge in [-0.2, -0.15) is 4.31 Å². The molecule has 33 heavy (non-hydrogen) atoms. The van der Waals surface area contributed by atoms with Gasteiger partial charge >= 0.3 is 0 Å². The van der Waals surface area contributed by atoms with Gasteiger partial charge in [0.05, 0.1) is 12.5 Å². The molecule has 2 amide bonds. The zero-order chi connectivity index (χ0) is 23.4. The Kier molecular flexibility index (Phi) is 7.42. The average molecular weight is 495 g/mol. The number of hydrogen-bond acceptors (Lipinski definition) is 6. The summed E-state index contributed by atoms with van der Waals surface area (Å²) in [5.74, 6) is -0.916. The van der Waals surface area contributed by atoms with Gasteiger partial charge in [-0.15, -0.1) is 11.3 Å². The Morgan fingerprint density at radius 3 is 2.45 bits per heavy atom. The van der Waals surface area contributed by atoms with Crippen LogP contribution in [0.3, 0.4) is 0 Å². The number of sulfonamides is 1. The lowest BCUT2D eigenvalue weighted by Gasteiger charge is -2.38.